The van der Waals surface area contributed by atoms with Gasteiger partial charge in [-0.3, -0.25) is 4.79 Å². The van der Waals surface area contributed by atoms with Gasteiger partial charge in [-0.15, -0.1) is 0 Å². The van der Waals surface area contributed by atoms with Crippen LogP contribution < -0.4 is 0 Å². The standard InChI is InChI=1S/C35H30O2/c1-35(2,3)34-30(24-29(25-16-8-4-9-17-25)26-18-10-5-11-19-26)31(32(36)27-20-12-6-13-21-27)33(37-34)28-22-14-7-15-23-28/h4-24H,1-3H3. The van der Waals surface area contributed by atoms with E-state index in [1.165, 1.54) is 0 Å². The van der Waals surface area contributed by atoms with Crippen LogP contribution in [-0.2, 0) is 5.41 Å². The fraction of sp³-hybridized carbons (Fsp3) is 0.114. The summed E-state index contributed by atoms with van der Waals surface area (Å²) in [6, 6.07) is 40.0. The zero-order valence-corrected chi connectivity index (χ0v) is 21.4. The first kappa shape index (κ1) is 24.3. The van der Waals surface area contributed by atoms with Gasteiger partial charge in [0.25, 0.3) is 0 Å². The lowest BCUT2D eigenvalue weighted by atomic mass is 9.85. The first-order chi connectivity index (χ1) is 17.9. The van der Waals surface area contributed by atoms with Gasteiger partial charge in [-0.25, -0.2) is 0 Å². The molecule has 2 heteroatoms. The third-order valence-corrected chi connectivity index (χ3v) is 6.38. The van der Waals surface area contributed by atoms with E-state index in [9.17, 15) is 4.79 Å². The van der Waals surface area contributed by atoms with Gasteiger partial charge in [0.15, 0.2) is 5.78 Å². The molecule has 182 valence electrons. The van der Waals surface area contributed by atoms with Gasteiger partial charge in [-0.2, -0.15) is 0 Å². The highest BCUT2D eigenvalue weighted by Crippen LogP contribution is 2.41. The van der Waals surface area contributed by atoms with Crippen LogP contribution in [0.3, 0.4) is 0 Å². The molecule has 1 aromatic heterocycles. The summed E-state index contributed by atoms with van der Waals surface area (Å²) in [5.74, 6) is 1.34. The number of benzene rings is 4. The largest absolute Gasteiger partial charge is 0.459 e. The Morgan fingerprint density at radius 2 is 1.05 bits per heavy atom. The SMILES string of the molecule is CC(C)(C)c1oc(-c2ccccc2)c(C(=O)c2ccccc2)c1C=C(c1ccccc1)c1ccccc1. The predicted octanol–water partition coefficient (Wildman–Crippen LogP) is 9.06. The summed E-state index contributed by atoms with van der Waals surface area (Å²) in [6.07, 6.45) is 2.14. The average molecular weight is 483 g/mol. The molecule has 37 heavy (non-hydrogen) atoms. The summed E-state index contributed by atoms with van der Waals surface area (Å²) in [6.45, 7) is 6.37. The Bertz CT molecular complexity index is 1480. The molecule has 0 fully saturated rings. The Morgan fingerprint density at radius 1 is 0.622 bits per heavy atom. The molecule has 0 aliphatic carbocycles. The number of rotatable bonds is 6. The van der Waals surface area contributed by atoms with E-state index in [2.05, 4.69) is 51.1 Å². The Morgan fingerprint density at radius 3 is 1.51 bits per heavy atom. The van der Waals surface area contributed by atoms with Gasteiger partial charge < -0.3 is 4.42 Å². The molecule has 5 aromatic rings. The van der Waals surface area contributed by atoms with Gasteiger partial charge in [0.2, 0.25) is 0 Å². The number of carbonyl (C=O) groups excluding carboxylic acids is 1. The summed E-state index contributed by atoms with van der Waals surface area (Å²) in [4.78, 5) is 14.2. The van der Waals surface area contributed by atoms with Gasteiger partial charge >= 0.3 is 0 Å². The number of carbonyl (C=O) groups is 1. The minimum absolute atomic E-state index is 0.0505. The van der Waals surface area contributed by atoms with Crippen molar-refractivity contribution < 1.29 is 9.21 Å². The van der Waals surface area contributed by atoms with Crippen molar-refractivity contribution in [3.63, 3.8) is 0 Å². The molecule has 2 nitrogen and oxygen atoms in total. The van der Waals surface area contributed by atoms with E-state index < -0.39 is 0 Å². The fourth-order valence-electron chi connectivity index (χ4n) is 4.60. The molecule has 0 bridgehead atoms. The van der Waals surface area contributed by atoms with Crippen LogP contribution in [0.4, 0.5) is 0 Å². The summed E-state index contributed by atoms with van der Waals surface area (Å²) in [5, 5.41) is 0. The zero-order valence-electron chi connectivity index (χ0n) is 21.4. The molecule has 0 amide bonds. The number of ketones is 1. The maximum Gasteiger partial charge on any atom is 0.197 e. The minimum Gasteiger partial charge on any atom is -0.459 e. The molecule has 0 spiro atoms. The van der Waals surface area contributed by atoms with Crippen molar-refractivity contribution in [3.8, 4) is 11.3 Å². The van der Waals surface area contributed by atoms with Crippen LogP contribution in [0.15, 0.2) is 126 Å². The lowest BCUT2D eigenvalue weighted by molar-refractivity contribution is 0.103. The van der Waals surface area contributed by atoms with Gasteiger partial charge in [0.1, 0.15) is 11.5 Å². The first-order valence-electron chi connectivity index (χ1n) is 12.6. The molecular formula is C35H30O2. The lowest BCUT2D eigenvalue weighted by Gasteiger charge is -2.17. The van der Waals surface area contributed by atoms with E-state index in [1.54, 1.807) is 0 Å². The van der Waals surface area contributed by atoms with Crippen LogP contribution in [0.2, 0.25) is 0 Å². The molecule has 0 aliphatic heterocycles. The van der Waals surface area contributed by atoms with Crippen LogP contribution in [0.5, 0.6) is 0 Å². The normalized spacial score (nSPS) is 11.2. The molecule has 0 radical (unpaired) electrons. The van der Waals surface area contributed by atoms with Crippen LogP contribution in [0.1, 0.15) is 59.1 Å². The highest BCUT2D eigenvalue weighted by atomic mass is 16.3. The Hall–Kier alpha value is -4.43. The highest BCUT2D eigenvalue weighted by Gasteiger charge is 2.32. The number of furan rings is 1. The van der Waals surface area contributed by atoms with Gasteiger partial charge in [-0.05, 0) is 22.8 Å². The number of hydrogen-bond acceptors (Lipinski definition) is 2. The smallest absolute Gasteiger partial charge is 0.197 e. The van der Waals surface area contributed by atoms with Crippen molar-refractivity contribution in [1.82, 2.24) is 0 Å². The second-order valence-electron chi connectivity index (χ2n) is 10.2. The summed E-state index contributed by atoms with van der Waals surface area (Å²) < 4.78 is 6.65. The van der Waals surface area contributed by atoms with E-state index in [1.807, 2.05) is 97.1 Å². The third-order valence-electron chi connectivity index (χ3n) is 6.38. The van der Waals surface area contributed by atoms with Crippen LogP contribution in [0, 0.1) is 0 Å². The van der Waals surface area contributed by atoms with E-state index in [0.29, 0.717) is 16.9 Å². The van der Waals surface area contributed by atoms with E-state index in [4.69, 9.17) is 4.42 Å². The van der Waals surface area contributed by atoms with Crippen LogP contribution >= 0.6 is 0 Å². The molecular weight excluding hydrogens is 452 g/mol. The molecule has 0 aliphatic rings. The second-order valence-corrected chi connectivity index (χ2v) is 10.2. The van der Waals surface area contributed by atoms with Crippen LogP contribution in [0.25, 0.3) is 23.0 Å². The molecule has 4 aromatic carbocycles. The van der Waals surface area contributed by atoms with Crippen molar-refractivity contribution in [2.45, 2.75) is 26.2 Å². The predicted molar refractivity (Wildman–Crippen MR) is 153 cm³/mol. The lowest BCUT2D eigenvalue weighted by Crippen LogP contribution is -2.12. The third kappa shape index (κ3) is 5.10. The quantitative estimate of drug-likeness (QED) is 0.226. The van der Waals surface area contributed by atoms with E-state index in [-0.39, 0.29) is 11.2 Å². The molecule has 0 unspecified atom stereocenters. The van der Waals surface area contributed by atoms with Crippen molar-refractivity contribution in [1.29, 1.82) is 0 Å². The molecule has 0 saturated carbocycles. The molecule has 0 atom stereocenters. The average Bonchev–Trinajstić information content (AvgIpc) is 3.33. The van der Waals surface area contributed by atoms with Crippen LogP contribution in [-0.4, -0.2) is 5.78 Å². The Labute approximate surface area is 218 Å². The minimum atomic E-state index is -0.330. The summed E-state index contributed by atoms with van der Waals surface area (Å²) in [7, 11) is 0. The maximum atomic E-state index is 14.2. The van der Waals surface area contributed by atoms with Crippen molar-refractivity contribution in [3.05, 3.63) is 155 Å². The second kappa shape index (κ2) is 10.3. The van der Waals surface area contributed by atoms with Gasteiger partial charge in [0.05, 0.1) is 5.56 Å². The zero-order chi connectivity index (χ0) is 25.8. The van der Waals surface area contributed by atoms with Crippen molar-refractivity contribution in [2.75, 3.05) is 0 Å². The molecule has 1 heterocycles. The Balaban J connectivity index is 1.86. The molecule has 0 saturated heterocycles. The number of hydrogen-bond donors (Lipinski definition) is 0. The van der Waals surface area contributed by atoms with Gasteiger partial charge in [0, 0.05) is 22.1 Å². The highest BCUT2D eigenvalue weighted by molar-refractivity contribution is 6.15. The summed E-state index contributed by atoms with van der Waals surface area (Å²) >= 11 is 0. The molecule has 5 rings (SSSR count). The summed E-state index contributed by atoms with van der Waals surface area (Å²) in [5.41, 5.74) is 5.79. The topological polar surface area (TPSA) is 30.2 Å². The Kier molecular flexibility index (Phi) is 6.74. The van der Waals surface area contributed by atoms with Gasteiger partial charge in [-0.1, -0.05) is 142 Å². The van der Waals surface area contributed by atoms with E-state index >= 15 is 0 Å². The fourth-order valence-corrected chi connectivity index (χ4v) is 4.60. The van der Waals surface area contributed by atoms with Crippen molar-refractivity contribution >= 4 is 17.4 Å². The first-order valence-corrected chi connectivity index (χ1v) is 12.6. The maximum absolute atomic E-state index is 14.2. The monoisotopic (exact) mass is 482 g/mol. The van der Waals surface area contributed by atoms with Crippen molar-refractivity contribution in [2.24, 2.45) is 0 Å². The van der Waals surface area contributed by atoms with E-state index in [0.717, 1.165) is 33.6 Å². The molecule has 0 N–H and O–H groups in total.